The number of ether oxygens (including phenoxy) is 1. The molecule has 1 heterocycles. The molecule has 1 aromatic rings. The molecule has 0 saturated heterocycles. The Morgan fingerprint density at radius 3 is 2.42 bits per heavy atom. The molecule has 0 aliphatic heterocycles. The minimum atomic E-state index is 0. The lowest BCUT2D eigenvalue weighted by Gasteiger charge is -2.02. The molecule has 0 aliphatic rings. The van der Waals surface area contributed by atoms with Gasteiger partial charge in [-0.15, -0.1) is 17.5 Å². The molecule has 0 fully saturated rings. The van der Waals surface area contributed by atoms with E-state index in [9.17, 15) is 0 Å². The number of nitrogens with zero attached hydrogens (tertiary/aromatic N) is 2. The van der Waals surface area contributed by atoms with E-state index in [-0.39, 0.29) is 12.4 Å². The van der Waals surface area contributed by atoms with Crippen molar-refractivity contribution in [1.82, 2.24) is 9.78 Å². The van der Waals surface area contributed by atoms with Gasteiger partial charge in [0.15, 0.2) is 0 Å². The maximum absolute atomic E-state index is 5.58. The van der Waals surface area contributed by atoms with Crippen molar-refractivity contribution in [3.05, 3.63) is 6.20 Å². The number of rotatable bonds is 2. The minimum Gasteiger partial charge on any atom is -0.478 e. The van der Waals surface area contributed by atoms with E-state index in [1.54, 1.807) is 18.0 Å². The number of nitrogens with two attached hydrogens (primary N) is 1. The summed E-state index contributed by atoms with van der Waals surface area (Å²) >= 11 is 0. The van der Waals surface area contributed by atoms with Crippen molar-refractivity contribution in [2.24, 2.45) is 0 Å². The van der Waals surface area contributed by atoms with E-state index < -0.39 is 0 Å². The van der Waals surface area contributed by atoms with Crippen LogP contribution in [0.15, 0.2) is 6.20 Å². The third-order valence-electron chi connectivity index (χ3n) is 1.45. The van der Waals surface area contributed by atoms with Crippen LogP contribution in [0.2, 0.25) is 0 Å². The van der Waals surface area contributed by atoms with Crippen molar-refractivity contribution in [3.63, 3.8) is 0 Å². The zero-order valence-corrected chi connectivity index (χ0v) is 8.26. The van der Waals surface area contributed by atoms with E-state index in [0.29, 0.717) is 17.6 Å². The fraction of sp³-hybridized carbons (Fsp3) is 0.571. The first kappa shape index (κ1) is 11.1. The largest absolute Gasteiger partial charge is 0.478 e. The maximum atomic E-state index is 5.58. The van der Waals surface area contributed by atoms with Crippen LogP contribution in [0, 0.1) is 0 Å². The summed E-state index contributed by atoms with van der Waals surface area (Å²) < 4.78 is 6.69. The van der Waals surface area contributed by atoms with Gasteiger partial charge in [0.25, 0.3) is 5.88 Å². The van der Waals surface area contributed by atoms with Crippen molar-refractivity contribution in [3.8, 4) is 5.88 Å². The van der Waals surface area contributed by atoms with Crippen LogP contribution in [0.5, 0.6) is 5.88 Å². The highest BCUT2D eigenvalue weighted by atomic mass is 35.5. The maximum Gasteiger partial charge on any atom is 0.256 e. The molecule has 0 saturated carbocycles. The van der Waals surface area contributed by atoms with E-state index in [1.165, 1.54) is 0 Å². The first-order valence-electron chi connectivity index (χ1n) is 3.53. The summed E-state index contributed by atoms with van der Waals surface area (Å²) in [5.41, 5.74) is 6.17. The quantitative estimate of drug-likeness (QED) is 0.771. The predicted octanol–water partition coefficient (Wildman–Crippen LogP) is 1.48. The third kappa shape index (κ3) is 2.04. The molecule has 4 nitrogen and oxygen atoms in total. The number of anilines is 1. The van der Waals surface area contributed by atoms with Gasteiger partial charge in [0.05, 0.1) is 13.3 Å². The van der Waals surface area contributed by atoms with Crippen molar-refractivity contribution in [2.45, 2.75) is 19.9 Å². The Balaban J connectivity index is 0.00000121. The Morgan fingerprint density at radius 2 is 2.17 bits per heavy atom. The average molecular weight is 192 g/mol. The summed E-state index contributed by atoms with van der Waals surface area (Å²) in [7, 11) is 1.56. The molecule has 2 N–H and O–H groups in total. The normalized spacial score (nSPS) is 9.67. The third-order valence-corrected chi connectivity index (χ3v) is 1.45. The molecule has 0 aromatic carbocycles. The Bertz CT molecular complexity index is 247. The highest BCUT2D eigenvalue weighted by Gasteiger charge is 2.06. The summed E-state index contributed by atoms with van der Waals surface area (Å²) in [6.45, 7) is 4.07. The van der Waals surface area contributed by atoms with Gasteiger partial charge in [-0.2, -0.15) is 0 Å². The summed E-state index contributed by atoms with van der Waals surface area (Å²) in [4.78, 5) is 0. The number of aromatic nitrogens is 2. The van der Waals surface area contributed by atoms with Crippen molar-refractivity contribution in [1.29, 1.82) is 0 Å². The number of nitrogen functional groups attached to an aromatic ring is 1. The van der Waals surface area contributed by atoms with Gasteiger partial charge >= 0.3 is 0 Å². The molecule has 0 aliphatic carbocycles. The van der Waals surface area contributed by atoms with Gasteiger partial charge < -0.3 is 10.5 Å². The smallest absolute Gasteiger partial charge is 0.256 e. The van der Waals surface area contributed by atoms with Crippen LogP contribution in [0.4, 0.5) is 5.69 Å². The Labute approximate surface area is 78.1 Å². The van der Waals surface area contributed by atoms with E-state index in [0.717, 1.165) is 0 Å². The minimum absolute atomic E-state index is 0. The average Bonchev–Trinajstić information content (AvgIpc) is 2.31. The van der Waals surface area contributed by atoms with E-state index in [4.69, 9.17) is 10.5 Å². The molecule has 0 spiro atoms. The van der Waals surface area contributed by atoms with E-state index in [2.05, 4.69) is 5.10 Å². The van der Waals surface area contributed by atoms with Crippen molar-refractivity contribution in [2.75, 3.05) is 12.8 Å². The number of halogens is 1. The van der Waals surface area contributed by atoms with Crippen LogP contribution in [0.25, 0.3) is 0 Å². The SMILES string of the molecule is COc1nn(C(C)C)cc1N.Cl. The fourth-order valence-corrected chi connectivity index (χ4v) is 0.812. The molecule has 0 unspecified atom stereocenters. The van der Waals surface area contributed by atoms with E-state index >= 15 is 0 Å². The lowest BCUT2D eigenvalue weighted by Crippen LogP contribution is -2.00. The fourth-order valence-electron chi connectivity index (χ4n) is 0.812. The second-order valence-electron chi connectivity index (χ2n) is 2.67. The molecule has 0 radical (unpaired) electrons. The molecule has 5 heteroatoms. The van der Waals surface area contributed by atoms with Gasteiger partial charge in [-0.1, -0.05) is 0 Å². The molecule has 0 atom stereocenters. The van der Waals surface area contributed by atoms with Crippen LogP contribution >= 0.6 is 12.4 Å². The van der Waals surface area contributed by atoms with Gasteiger partial charge in [0.2, 0.25) is 0 Å². The topological polar surface area (TPSA) is 53.1 Å². The molecule has 1 rings (SSSR count). The summed E-state index contributed by atoms with van der Waals surface area (Å²) in [6, 6.07) is 0.321. The number of hydrogen-bond acceptors (Lipinski definition) is 3. The molecular weight excluding hydrogens is 178 g/mol. The molecule has 0 amide bonds. The number of methoxy groups -OCH3 is 1. The van der Waals surface area contributed by atoms with E-state index in [1.807, 2.05) is 13.8 Å². The molecule has 70 valence electrons. The summed E-state index contributed by atoms with van der Waals surface area (Å²) in [5.74, 6) is 0.499. The zero-order chi connectivity index (χ0) is 8.43. The first-order chi connectivity index (χ1) is 5.15. The zero-order valence-electron chi connectivity index (χ0n) is 7.44. The standard InChI is InChI=1S/C7H13N3O.ClH/c1-5(2)10-4-6(8)7(9-10)11-3;/h4-5H,8H2,1-3H3;1H. The summed E-state index contributed by atoms with van der Waals surface area (Å²) in [5, 5.41) is 4.10. The van der Waals surface area contributed by atoms with Crippen molar-refractivity contribution < 1.29 is 4.74 Å². The number of hydrogen-bond donors (Lipinski definition) is 1. The molecule has 12 heavy (non-hydrogen) atoms. The highest BCUT2D eigenvalue weighted by molar-refractivity contribution is 5.85. The molecular formula is C7H14ClN3O. The first-order valence-corrected chi connectivity index (χ1v) is 3.53. The Morgan fingerprint density at radius 1 is 1.58 bits per heavy atom. The Kier molecular flexibility index (Phi) is 3.89. The van der Waals surface area contributed by atoms with Gasteiger partial charge in [0.1, 0.15) is 5.69 Å². The lowest BCUT2D eigenvalue weighted by molar-refractivity contribution is 0.384. The second-order valence-corrected chi connectivity index (χ2v) is 2.67. The second kappa shape index (κ2) is 4.21. The van der Waals surface area contributed by atoms with Gasteiger partial charge in [0, 0.05) is 6.04 Å². The van der Waals surface area contributed by atoms with Crippen LogP contribution < -0.4 is 10.5 Å². The molecule has 0 bridgehead atoms. The van der Waals surface area contributed by atoms with Gasteiger partial charge in [-0.3, -0.25) is 4.68 Å². The lowest BCUT2D eigenvalue weighted by atomic mass is 10.4. The van der Waals surface area contributed by atoms with Crippen LogP contribution in [-0.4, -0.2) is 16.9 Å². The van der Waals surface area contributed by atoms with Crippen LogP contribution in [0.3, 0.4) is 0 Å². The highest BCUT2D eigenvalue weighted by Crippen LogP contribution is 2.19. The predicted molar refractivity (Wildman–Crippen MR) is 50.8 cm³/mol. The monoisotopic (exact) mass is 191 g/mol. The van der Waals surface area contributed by atoms with Gasteiger partial charge in [-0.25, -0.2) is 0 Å². The Hall–Kier alpha value is -0.900. The molecule has 1 aromatic heterocycles. The van der Waals surface area contributed by atoms with Crippen molar-refractivity contribution >= 4 is 18.1 Å². The van der Waals surface area contributed by atoms with Crippen LogP contribution in [-0.2, 0) is 0 Å². The van der Waals surface area contributed by atoms with Gasteiger partial charge in [-0.05, 0) is 13.8 Å². The summed E-state index contributed by atoms with van der Waals surface area (Å²) in [6.07, 6.45) is 1.77. The van der Waals surface area contributed by atoms with Crippen LogP contribution in [0.1, 0.15) is 19.9 Å².